The Morgan fingerprint density at radius 3 is 2.55 bits per heavy atom. The molecule has 1 aromatic carbocycles. The first-order valence-electron chi connectivity index (χ1n) is 7.13. The number of halogens is 1. The van der Waals surface area contributed by atoms with Crippen molar-refractivity contribution < 1.29 is 13.7 Å². The maximum Gasteiger partial charge on any atom is 0.249 e. The molecule has 1 amide bonds. The molecule has 1 N–H and O–H groups in total. The van der Waals surface area contributed by atoms with Gasteiger partial charge in [0.05, 0.1) is 0 Å². The van der Waals surface area contributed by atoms with Crippen LogP contribution in [-0.2, 0) is 4.79 Å². The fourth-order valence-electron chi connectivity index (χ4n) is 1.96. The predicted molar refractivity (Wildman–Crippen MR) is 80.3 cm³/mol. The molecule has 22 heavy (non-hydrogen) atoms. The van der Waals surface area contributed by atoms with Crippen LogP contribution in [-0.4, -0.2) is 16.0 Å². The van der Waals surface area contributed by atoms with Gasteiger partial charge in [-0.2, -0.15) is 4.98 Å². The monoisotopic (exact) mass is 305 g/mol. The Labute approximate surface area is 128 Å². The number of rotatable bonds is 4. The quantitative estimate of drug-likeness (QED) is 0.939. The fraction of sp³-hybridized carbons (Fsp3) is 0.438. The molecule has 1 atom stereocenters. The van der Waals surface area contributed by atoms with E-state index in [9.17, 15) is 9.18 Å². The lowest BCUT2D eigenvalue weighted by Gasteiger charge is -2.18. The molecule has 1 heterocycles. The topological polar surface area (TPSA) is 68.0 Å². The smallest absolute Gasteiger partial charge is 0.249 e. The van der Waals surface area contributed by atoms with E-state index in [1.54, 1.807) is 19.1 Å². The third-order valence-electron chi connectivity index (χ3n) is 2.98. The zero-order chi connectivity index (χ0) is 16.3. The van der Waals surface area contributed by atoms with Crippen molar-refractivity contribution in [1.82, 2.24) is 15.5 Å². The van der Waals surface area contributed by atoms with Crippen molar-refractivity contribution in [3.63, 3.8) is 0 Å². The van der Waals surface area contributed by atoms with Crippen molar-refractivity contribution in [1.29, 1.82) is 0 Å². The highest BCUT2D eigenvalue weighted by Crippen LogP contribution is 2.21. The van der Waals surface area contributed by atoms with E-state index in [0.717, 1.165) is 0 Å². The van der Waals surface area contributed by atoms with Crippen LogP contribution < -0.4 is 5.32 Å². The van der Waals surface area contributed by atoms with E-state index in [1.807, 2.05) is 20.8 Å². The Morgan fingerprint density at radius 2 is 1.95 bits per heavy atom. The zero-order valence-corrected chi connectivity index (χ0v) is 13.2. The number of aromatic nitrogens is 2. The molecule has 2 rings (SSSR count). The minimum atomic E-state index is -0.378. The SMILES string of the molecule is C[C@H](NC(=O)CC(C)(C)C)c1nc(-c2ccc(F)cc2)no1. The van der Waals surface area contributed by atoms with Gasteiger partial charge in [-0.3, -0.25) is 4.79 Å². The van der Waals surface area contributed by atoms with Gasteiger partial charge >= 0.3 is 0 Å². The van der Waals surface area contributed by atoms with Crippen LogP contribution in [0.25, 0.3) is 11.4 Å². The van der Waals surface area contributed by atoms with Crippen molar-refractivity contribution in [2.45, 2.75) is 40.2 Å². The van der Waals surface area contributed by atoms with Crippen LogP contribution >= 0.6 is 0 Å². The molecule has 6 heteroatoms. The largest absolute Gasteiger partial charge is 0.345 e. The van der Waals surface area contributed by atoms with Gasteiger partial charge in [0.15, 0.2) is 0 Å². The third-order valence-corrected chi connectivity index (χ3v) is 2.98. The lowest BCUT2D eigenvalue weighted by atomic mass is 9.92. The number of nitrogens with one attached hydrogen (secondary N) is 1. The third kappa shape index (κ3) is 4.38. The highest BCUT2D eigenvalue weighted by molar-refractivity contribution is 5.76. The van der Waals surface area contributed by atoms with E-state index in [-0.39, 0.29) is 23.2 Å². The number of benzene rings is 1. The van der Waals surface area contributed by atoms with Crippen LogP contribution in [0.4, 0.5) is 4.39 Å². The summed E-state index contributed by atoms with van der Waals surface area (Å²) in [7, 11) is 0. The number of nitrogens with zero attached hydrogens (tertiary/aromatic N) is 2. The zero-order valence-electron chi connectivity index (χ0n) is 13.2. The maximum absolute atomic E-state index is 12.9. The van der Waals surface area contributed by atoms with Crippen LogP contribution in [0, 0.1) is 11.2 Å². The van der Waals surface area contributed by atoms with Gasteiger partial charge in [0.1, 0.15) is 11.9 Å². The first kappa shape index (κ1) is 16.1. The minimum Gasteiger partial charge on any atom is -0.345 e. The van der Waals surface area contributed by atoms with Crippen molar-refractivity contribution in [3.8, 4) is 11.4 Å². The van der Waals surface area contributed by atoms with E-state index in [0.29, 0.717) is 23.7 Å². The summed E-state index contributed by atoms with van der Waals surface area (Å²) in [6.45, 7) is 7.77. The summed E-state index contributed by atoms with van der Waals surface area (Å²) in [6, 6.07) is 5.44. The van der Waals surface area contributed by atoms with Gasteiger partial charge < -0.3 is 9.84 Å². The molecule has 0 saturated heterocycles. The van der Waals surface area contributed by atoms with Gasteiger partial charge in [0.25, 0.3) is 0 Å². The second kappa shape index (κ2) is 6.25. The van der Waals surface area contributed by atoms with E-state index < -0.39 is 0 Å². The molecule has 118 valence electrons. The highest BCUT2D eigenvalue weighted by atomic mass is 19.1. The average molecular weight is 305 g/mol. The Hall–Kier alpha value is -2.24. The number of hydrogen-bond donors (Lipinski definition) is 1. The van der Waals surface area contributed by atoms with E-state index >= 15 is 0 Å². The Bertz CT molecular complexity index is 644. The molecule has 0 radical (unpaired) electrons. The van der Waals surface area contributed by atoms with Gasteiger partial charge in [0, 0.05) is 12.0 Å². The van der Waals surface area contributed by atoms with E-state index in [2.05, 4.69) is 15.5 Å². The molecule has 0 aliphatic rings. The molecule has 2 aromatic rings. The van der Waals surface area contributed by atoms with Gasteiger partial charge in [-0.25, -0.2) is 4.39 Å². The highest BCUT2D eigenvalue weighted by Gasteiger charge is 2.21. The summed E-state index contributed by atoms with van der Waals surface area (Å²) in [6.07, 6.45) is 0.413. The predicted octanol–water partition coefficient (Wildman–Crippen LogP) is 3.49. The molecule has 0 spiro atoms. The van der Waals surface area contributed by atoms with Gasteiger partial charge in [0.2, 0.25) is 17.6 Å². The summed E-state index contributed by atoms with van der Waals surface area (Å²) in [4.78, 5) is 16.2. The number of amides is 1. The molecule has 0 aliphatic heterocycles. The molecule has 0 saturated carbocycles. The second-order valence-electron chi connectivity index (χ2n) is 6.49. The molecular formula is C16H20FN3O2. The maximum atomic E-state index is 12.9. The van der Waals surface area contributed by atoms with Crippen LogP contribution in [0.1, 0.15) is 46.0 Å². The number of carbonyl (C=O) groups is 1. The normalized spacial score (nSPS) is 13.0. The summed E-state index contributed by atoms with van der Waals surface area (Å²) >= 11 is 0. The molecule has 0 unspecified atom stereocenters. The van der Waals surface area contributed by atoms with Crippen molar-refractivity contribution in [2.75, 3.05) is 0 Å². The molecule has 0 aliphatic carbocycles. The van der Waals surface area contributed by atoms with Crippen LogP contribution in [0.2, 0.25) is 0 Å². The van der Waals surface area contributed by atoms with E-state index in [4.69, 9.17) is 4.52 Å². The standard InChI is InChI=1S/C16H20FN3O2/c1-10(18-13(21)9-16(2,3)4)15-19-14(20-22-15)11-5-7-12(17)8-6-11/h5-8,10H,9H2,1-4H3,(H,18,21)/t10-/m0/s1. The summed E-state index contributed by atoms with van der Waals surface area (Å²) in [5.41, 5.74) is 0.572. The van der Waals surface area contributed by atoms with Crippen molar-refractivity contribution >= 4 is 5.91 Å². The summed E-state index contributed by atoms with van der Waals surface area (Å²) in [5.74, 6) is 0.297. The Kier molecular flexibility index (Phi) is 4.59. The number of carbonyl (C=O) groups excluding carboxylic acids is 1. The molecule has 1 aromatic heterocycles. The molecule has 0 fully saturated rings. The molecular weight excluding hydrogens is 285 g/mol. The molecule has 0 bridgehead atoms. The van der Waals surface area contributed by atoms with Gasteiger partial charge in [-0.05, 0) is 36.6 Å². The first-order valence-corrected chi connectivity index (χ1v) is 7.13. The summed E-state index contributed by atoms with van der Waals surface area (Å²) < 4.78 is 18.1. The van der Waals surface area contributed by atoms with Gasteiger partial charge in [-0.15, -0.1) is 0 Å². The second-order valence-corrected chi connectivity index (χ2v) is 6.49. The lowest BCUT2D eigenvalue weighted by molar-refractivity contribution is -0.123. The van der Waals surface area contributed by atoms with E-state index in [1.165, 1.54) is 12.1 Å². The van der Waals surface area contributed by atoms with Gasteiger partial charge in [-0.1, -0.05) is 25.9 Å². The number of hydrogen-bond acceptors (Lipinski definition) is 4. The van der Waals surface area contributed by atoms with Crippen molar-refractivity contribution in [2.24, 2.45) is 5.41 Å². The minimum absolute atomic E-state index is 0.0680. The average Bonchev–Trinajstić information content (AvgIpc) is 2.86. The summed E-state index contributed by atoms with van der Waals surface area (Å²) in [5, 5.41) is 6.69. The molecule has 5 nitrogen and oxygen atoms in total. The van der Waals surface area contributed by atoms with Crippen LogP contribution in [0.5, 0.6) is 0 Å². The lowest BCUT2D eigenvalue weighted by Crippen LogP contribution is -2.30. The Balaban J connectivity index is 2.04. The fourth-order valence-corrected chi connectivity index (χ4v) is 1.96. The first-order chi connectivity index (χ1) is 10.2. The van der Waals surface area contributed by atoms with Crippen LogP contribution in [0.3, 0.4) is 0 Å². The van der Waals surface area contributed by atoms with Crippen LogP contribution in [0.15, 0.2) is 28.8 Å². The Morgan fingerprint density at radius 1 is 1.32 bits per heavy atom. The van der Waals surface area contributed by atoms with Crippen molar-refractivity contribution in [3.05, 3.63) is 36.0 Å².